The highest BCUT2D eigenvalue weighted by Crippen LogP contribution is 2.12. The Morgan fingerprint density at radius 3 is 3.00 bits per heavy atom. The highest BCUT2D eigenvalue weighted by atomic mass is 16.4. The van der Waals surface area contributed by atoms with Gasteiger partial charge in [-0.2, -0.15) is 0 Å². The average Bonchev–Trinajstić information content (AvgIpc) is 3.02. The van der Waals surface area contributed by atoms with Gasteiger partial charge in [-0.05, 0) is 30.3 Å². The van der Waals surface area contributed by atoms with Crippen molar-refractivity contribution < 1.29 is 13.6 Å². The number of hydrogen-bond acceptors (Lipinski definition) is 4. The van der Waals surface area contributed by atoms with Gasteiger partial charge in [0, 0.05) is 5.56 Å². The minimum atomic E-state index is -0.539. The third-order valence-corrected chi connectivity index (χ3v) is 2.69. The fourth-order valence-electron chi connectivity index (χ4n) is 1.77. The van der Waals surface area contributed by atoms with Gasteiger partial charge in [0.05, 0.1) is 18.3 Å². The molecular weight excluding hydrogens is 248 g/mol. The first kappa shape index (κ1) is 11.3. The van der Waals surface area contributed by atoms with Crippen molar-refractivity contribution >= 4 is 17.0 Å². The van der Waals surface area contributed by atoms with Crippen LogP contribution in [-0.4, -0.2) is 10.9 Å². The molecule has 0 fully saturated rings. The predicted molar refractivity (Wildman–Crippen MR) is 66.7 cm³/mol. The van der Waals surface area contributed by atoms with Crippen LogP contribution in [0.15, 0.2) is 50.2 Å². The number of aromatic amines is 1. The molecule has 0 unspecified atom stereocenters. The predicted octanol–water partition coefficient (Wildman–Crippen LogP) is 1.64. The van der Waals surface area contributed by atoms with Crippen molar-refractivity contribution in [1.29, 1.82) is 0 Å². The lowest BCUT2D eigenvalue weighted by molar-refractivity contribution is 0.0948. The number of nitrogens with one attached hydrogen (secondary N) is 2. The number of benzene rings is 1. The third kappa shape index (κ3) is 2.28. The summed E-state index contributed by atoms with van der Waals surface area (Å²) in [4.78, 5) is 25.4. The van der Waals surface area contributed by atoms with E-state index in [1.807, 2.05) is 0 Å². The maximum atomic E-state index is 11.9. The molecule has 2 N–H and O–H groups in total. The topological polar surface area (TPSA) is 88.2 Å². The number of rotatable bonds is 3. The number of amides is 1. The smallest absolute Gasteiger partial charge is 0.417 e. The van der Waals surface area contributed by atoms with Crippen LogP contribution >= 0.6 is 0 Å². The largest absolute Gasteiger partial charge is 0.467 e. The lowest BCUT2D eigenvalue weighted by atomic mass is 10.2. The van der Waals surface area contributed by atoms with Gasteiger partial charge in [0.25, 0.3) is 5.91 Å². The molecule has 96 valence electrons. The summed E-state index contributed by atoms with van der Waals surface area (Å²) in [7, 11) is 0. The van der Waals surface area contributed by atoms with E-state index in [2.05, 4.69) is 10.3 Å². The van der Waals surface area contributed by atoms with Crippen LogP contribution in [-0.2, 0) is 6.54 Å². The first-order valence-electron chi connectivity index (χ1n) is 5.66. The van der Waals surface area contributed by atoms with Gasteiger partial charge in [0.15, 0.2) is 5.58 Å². The van der Waals surface area contributed by atoms with E-state index in [1.165, 1.54) is 6.07 Å². The Balaban J connectivity index is 1.79. The summed E-state index contributed by atoms with van der Waals surface area (Å²) >= 11 is 0. The number of fused-ring (bicyclic) bond motifs is 1. The summed E-state index contributed by atoms with van der Waals surface area (Å²) in [5, 5.41) is 2.71. The molecule has 0 bridgehead atoms. The molecule has 19 heavy (non-hydrogen) atoms. The van der Waals surface area contributed by atoms with Gasteiger partial charge in [-0.25, -0.2) is 4.79 Å². The van der Waals surface area contributed by atoms with Gasteiger partial charge in [-0.1, -0.05) is 0 Å². The van der Waals surface area contributed by atoms with Crippen molar-refractivity contribution in [2.24, 2.45) is 0 Å². The van der Waals surface area contributed by atoms with Crippen molar-refractivity contribution in [3.05, 3.63) is 58.5 Å². The maximum Gasteiger partial charge on any atom is 0.417 e. The lowest BCUT2D eigenvalue weighted by Gasteiger charge is -2.02. The van der Waals surface area contributed by atoms with Crippen LogP contribution in [0.25, 0.3) is 11.1 Å². The molecule has 0 spiro atoms. The molecule has 0 saturated heterocycles. The molecule has 6 nitrogen and oxygen atoms in total. The summed E-state index contributed by atoms with van der Waals surface area (Å²) < 4.78 is 10.0. The van der Waals surface area contributed by atoms with E-state index in [4.69, 9.17) is 8.83 Å². The Labute approximate surface area is 107 Å². The van der Waals surface area contributed by atoms with Crippen molar-refractivity contribution in [1.82, 2.24) is 10.3 Å². The van der Waals surface area contributed by atoms with Crippen LogP contribution in [0.2, 0.25) is 0 Å². The van der Waals surface area contributed by atoms with E-state index in [-0.39, 0.29) is 5.91 Å². The fraction of sp³-hybridized carbons (Fsp3) is 0.0769. The zero-order chi connectivity index (χ0) is 13.2. The minimum Gasteiger partial charge on any atom is -0.467 e. The molecule has 0 saturated carbocycles. The van der Waals surface area contributed by atoms with Gasteiger partial charge < -0.3 is 14.2 Å². The Kier molecular flexibility index (Phi) is 2.68. The molecular formula is C13H10N2O4. The molecule has 3 aromatic rings. The second-order valence-corrected chi connectivity index (χ2v) is 3.99. The van der Waals surface area contributed by atoms with Gasteiger partial charge >= 0.3 is 5.76 Å². The minimum absolute atomic E-state index is 0.262. The first-order chi connectivity index (χ1) is 9.22. The number of carbonyl (C=O) groups excluding carboxylic acids is 1. The molecule has 0 aliphatic rings. The van der Waals surface area contributed by atoms with Crippen molar-refractivity contribution in [2.45, 2.75) is 6.54 Å². The van der Waals surface area contributed by atoms with Gasteiger partial charge in [-0.15, -0.1) is 0 Å². The second kappa shape index (κ2) is 4.49. The van der Waals surface area contributed by atoms with E-state index >= 15 is 0 Å². The molecule has 0 radical (unpaired) electrons. The summed E-state index contributed by atoms with van der Waals surface area (Å²) in [5.74, 6) is -0.132. The molecule has 1 aromatic carbocycles. The van der Waals surface area contributed by atoms with Gasteiger partial charge in [0.1, 0.15) is 5.76 Å². The Morgan fingerprint density at radius 1 is 1.32 bits per heavy atom. The lowest BCUT2D eigenvalue weighted by Crippen LogP contribution is -2.22. The Hall–Kier alpha value is -2.76. The normalized spacial score (nSPS) is 10.7. The molecule has 3 rings (SSSR count). The van der Waals surface area contributed by atoms with Crippen LogP contribution in [0.5, 0.6) is 0 Å². The fourth-order valence-corrected chi connectivity index (χ4v) is 1.77. The zero-order valence-corrected chi connectivity index (χ0v) is 9.80. The van der Waals surface area contributed by atoms with E-state index in [1.54, 1.807) is 30.5 Å². The number of furan rings is 1. The molecule has 0 aliphatic heterocycles. The number of hydrogen-bond donors (Lipinski definition) is 2. The maximum absolute atomic E-state index is 11.9. The van der Waals surface area contributed by atoms with Gasteiger partial charge in [0.2, 0.25) is 0 Å². The Morgan fingerprint density at radius 2 is 2.21 bits per heavy atom. The van der Waals surface area contributed by atoms with E-state index < -0.39 is 5.76 Å². The summed E-state index contributed by atoms with van der Waals surface area (Å²) in [6.45, 7) is 0.307. The van der Waals surface area contributed by atoms with E-state index in [0.717, 1.165) is 0 Å². The molecule has 1 amide bonds. The van der Waals surface area contributed by atoms with Crippen LogP contribution in [0.4, 0.5) is 0 Å². The standard InChI is InChI=1S/C13H10N2O4/c16-12(14-7-9-2-1-5-18-9)8-3-4-10-11(6-8)19-13(17)15-10/h1-6H,7H2,(H,14,16)(H,15,17). The average molecular weight is 258 g/mol. The second-order valence-electron chi connectivity index (χ2n) is 3.99. The third-order valence-electron chi connectivity index (χ3n) is 2.69. The molecule has 2 aromatic heterocycles. The summed E-state index contributed by atoms with van der Waals surface area (Å²) in [5.41, 5.74) is 1.34. The molecule has 0 atom stereocenters. The first-order valence-corrected chi connectivity index (χ1v) is 5.66. The van der Waals surface area contributed by atoms with Crippen molar-refractivity contribution in [3.63, 3.8) is 0 Å². The zero-order valence-electron chi connectivity index (χ0n) is 9.80. The van der Waals surface area contributed by atoms with E-state index in [9.17, 15) is 9.59 Å². The number of aromatic nitrogens is 1. The molecule has 0 aliphatic carbocycles. The highest BCUT2D eigenvalue weighted by Gasteiger charge is 2.09. The summed E-state index contributed by atoms with van der Waals surface area (Å²) in [6.07, 6.45) is 1.54. The number of oxazole rings is 1. The van der Waals surface area contributed by atoms with Crippen LogP contribution in [0.1, 0.15) is 16.1 Å². The van der Waals surface area contributed by atoms with Crippen LogP contribution in [0, 0.1) is 0 Å². The van der Waals surface area contributed by atoms with E-state index in [0.29, 0.717) is 29.0 Å². The van der Waals surface area contributed by atoms with Crippen LogP contribution < -0.4 is 11.1 Å². The monoisotopic (exact) mass is 258 g/mol. The van der Waals surface area contributed by atoms with Crippen molar-refractivity contribution in [3.8, 4) is 0 Å². The summed E-state index contributed by atoms with van der Waals surface area (Å²) in [6, 6.07) is 8.29. The van der Waals surface area contributed by atoms with Gasteiger partial charge in [-0.3, -0.25) is 9.78 Å². The highest BCUT2D eigenvalue weighted by molar-refractivity contribution is 5.96. The molecule has 6 heteroatoms. The number of H-pyrrole nitrogens is 1. The Bertz CT molecular complexity index is 767. The number of carbonyl (C=O) groups is 1. The quantitative estimate of drug-likeness (QED) is 0.747. The SMILES string of the molecule is O=C(NCc1ccco1)c1ccc2[nH]c(=O)oc2c1. The van der Waals surface area contributed by atoms with Crippen LogP contribution in [0.3, 0.4) is 0 Å². The molecule has 2 heterocycles. The van der Waals surface area contributed by atoms with Crippen molar-refractivity contribution in [2.75, 3.05) is 0 Å².